The number of carbonyl (C=O) groups excluding carboxylic acids is 2. The standard InChI is InChI=1S/C26H22N2O6S2/c1-13-10-15-20(12-17(13)33-3)36-26(27-15)28-22(19-6-5-9-35-19)21(24(30)25(28)31)23(29)14-7-8-16(32-2)18(11-14)34-4/h5-12,22,29H,1-4H3/b23-21+. The number of aryl methyl sites for hydroxylation is 1. The van der Waals surface area contributed by atoms with Crippen molar-refractivity contribution in [3.63, 3.8) is 0 Å². The number of aliphatic hydroxyl groups is 1. The Balaban J connectivity index is 1.69. The van der Waals surface area contributed by atoms with Crippen molar-refractivity contribution in [1.82, 2.24) is 4.98 Å². The van der Waals surface area contributed by atoms with Crippen molar-refractivity contribution in [2.45, 2.75) is 13.0 Å². The number of methoxy groups -OCH3 is 3. The van der Waals surface area contributed by atoms with Gasteiger partial charge in [0.15, 0.2) is 16.6 Å². The van der Waals surface area contributed by atoms with Crippen LogP contribution in [-0.2, 0) is 9.59 Å². The maximum Gasteiger partial charge on any atom is 0.301 e. The van der Waals surface area contributed by atoms with Crippen molar-refractivity contribution in [3.05, 3.63) is 69.4 Å². The maximum absolute atomic E-state index is 13.4. The quantitative estimate of drug-likeness (QED) is 0.208. The van der Waals surface area contributed by atoms with Crippen molar-refractivity contribution < 1.29 is 28.9 Å². The monoisotopic (exact) mass is 522 g/mol. The van der Waals surface area contributed by atoms with E-state index in [2.05, 4.69) is 4.98 Å². The van der Waals surface area contributed by atoms with Crippen LogP contribution in [0.25, 0.3) is 16.0 Å². The van der Waals surface area contributed by atoms with E-state index in [4.69, 9.17) is 14.2 Å². The molecule has 0 spiro atoms. The van der Waals surface area contributed by atoms with E-state index in [0.717, 1.165) is 15.1 Å². The third kappa shape index (κ3) is 3.78. The molecule has 1 unspecified atom stereocenters. The van der Waals surface area contributed by atoms with Gasteiger partial charge in [0.05, 0.1) is 37.1 Å². The lowest BCUT2D eigenvalue weighted by Crippen LogP contribution is -2.28. The van der Waals surface area contributed by atoms with Crippen molar-refractivity contribution >= 4 is 55.5 Å². The largest absolute Gasteiger partial charge is 0.507 e. The van der Waals surface area contributed by atoms with Crippen LogP contribution in [0.1, 0.15) is 22.0 Å². The van der Waals surface area contributed by atoms with E-state index in [1.807, 2.05) is 36.6 Å². The van der Waals surface area contributed by atoms with Gasteiger partial charge in [0, 0.05) is 10.4 Å². The van der Waals surface area contributed by atoms with E-state index in [0.29, 0.717) is 33.5 Å². The van der Waals surface area contributed by atoms with Crippen LogP contribution in [-0.4, -0.2) is 43.1 Å². The average Bonchev–Trinajstić information content (AvgIpc) is 3.61. The van der Waals surface area contributed by atoms with Crippen LogP contribution < -0.4 is 19.1 Å². The van der Waals surface area contributed by atoms with Crippen LogP contribution in [0.4, 0.5) is 5.13 Å². The number of rotatable bonds is 6. The number of ether oxygens (including phenoxy) is 3. The van der Waals surface area contributed by atoms with Crippen LogP contribution in [0.15, 0.2) is 53.4 Å². The van der Waals surface area contributed by atoms with Gasteiger partial charge in [-0.2, -0.15) is 0 Å². The number of aromatic nitrogens is 1. The number of ketones is 1. The molecule has 1 aliphatic heterocycles. The number of Topliss-reactive ketones (excluding diaryl/α,β-unsaturated/α-hetero) is 1. The minimum atomic E-state index is -0.832. The van der Waals surface area contributed by atoms with E-state index >= 15 is 0 Å². The molecule has 3 heterocycles. The highest BCUT2D eigenvalue weighted by Crippen LogP contribution is 2.46. The number of nitrogens with zero attached hydrogens (tertiary/aromatic N) is 2. The Morgan fingerprint density at radius 3 is 2.42 bits per heavy atom. The molecular weight excluding hydrogens is 500 g/mol. The number of hydrogen-bond acceptors (Lipinski definition) is 9. The van der Waals surface area contributed by atoms with E-state index in [1.54, 1.807) is 25.3 Å². The van der Waals surface area contributed by atoms with Gasteiger partial charge in [-0.15, -0.1) is 11.3 Å². The molecule has 36 heavy (non-hydrogen) atoms. The lowest BCUT2D eigenvalue weighted by atomic mass is 9.99. The van der Waals surface area contributed by atoms with Crippen molar-refractivity contribution in [2.75, 3.05) is 26.2 Å². The third-order valence-electron chi connectivity index (χ3n) is 6.01. The smallest absolute Gasteiger partial charge is 0.301 e. The van der Waals surface area contributed by atoms with E-state index in [-0.39, 0.29) is 11.3 Å². The highest BCUT2D eigenvalue weighted by Gasteiger charge is 2.48. The fraction of sp³-hybridized carbons (Fsp3) is 0.192. The molecule has 1 aliphatic rings. The molecule has 1 N–H and O–H groups in total. The summed E-state index contributed by atoms with van der Waals surface area (Å²) in [5, 5.41) is 13.5. The predicted molar refractivity (Wildman–Crippen MR) is 140 cm³/mol. The van der Waals surface area contributed by atoms with Crippen molar-refractivity contribution in [2.24, 2.45) is 0 Å². The number of aliphatic hydroxyl groups excluding tert-OH is 1. The fourth-order valence-corrected chi connectivity index (χ4v) is 6.08. The van der Waals surface area contributed by atoms with Crippen molar-refractivity contribution in [1.29, 1.82) is 0 Å². The lowest BCUT2D eigenvalue weighted by Gasteiger charge is -2.21. The van der Waals surface area contributed by atoms with E-state index in [9.17, 15) is 14.7 Å². The molecule has 1 fully saturated rings. The first-order valence-electron chi connectivity index (χ1n) is 10.9. The van der Waals surface area contributed by atoms with Gasteiger partial charge in [-0.1, -0.05) is 17.4 Å². The Kier molecular flexibility index (Phi) is 6.15. The van der Waals surface area contributed by atoms with Gasteiger partial charge in [-0.3, -0.25) is 14.5 Å². The summed E-state index contributed by atoms with van der Waals surface area (Å²) in [5.41, 5.74) is 1.92. The molecule has 5 rings (SSSR count). The zero-order valence-corrected chi connectivity index (χ0v) is 21.5. The molecule has 0 radical (unpaired) electrons. The average molecular weight is 523 g/mol. The Morgan fingerprint density at radius 1 is 1.00 bits per heavy atom. The summed E-state index contributed by atoms with van der Waals surface area (Å²) in [5.74, 6) is -0.257. The zero-order valence-electron chi connectivity index (χ0n) is 19.9. The number of hydrogen-bond donors (Lipinski definition) is 1. The molecule has 2 aromatic carbocycles. The predicted octanol–water partition coefficient (Wildman–Crippen LogP) is 5.32. The van der Waals surface area contributed by atoms with Gasteiger partial charge < -0.3 is 19.3 Å². The van der Waals surface area contributed by atoms with E-state index in [1.165, 1.54) is 41.8 Å². The minimum Gasteiger partial charge on any atom is -0.507 e. The number of thiazole rings is 1. The molecule has 1 saturated heterocycles. The molecule has 0 saturated carbocycles. The van der Waals surface area contributed by atoms with Gasteiger partial charge in [-0.05, 0) is 54.3 Å². The number of anilines is 1. The van der Waals surface area contributed by atoms with Gasteiger partial charge in [-0.25, -0.2) is 4.98 Å². The Bertz CT molecular complexity index is 1520. The number of benzene rings is 2. The minimum absolute atomic E-state index is 0.0114. The molecular formula is C26H22N2O6S2. The van der Waals surface area contributed by atoms with Gasteiger partial charge in [0.25, 0.3) is 5.78 Å². The third-order valence-corrected chi connectivity index (χ3v) is 7.96. The summed E-state index contributed by atoms with van der Waals surface area (Å²) in [6.45, 7) is 1.91. The Labute approximate surface area is 215 Å². The molecule has 1 amide bonds. The molecule has 0 aliphatic carbocycles. The summed E-state index contributed by atoms with van der Waals surface area (Å²) in [6.07, 6.45) is 0. The van der Waals surface area contributed by atoms with Crippen LogP contribution >= 0.6 is 22.7 Å². The molecule has 184 valence electrons. The summed E-state index contributed by atoms with van der Waals surface area (Å²) in [7, 11) is 4.59. The molecule has 8 nitrogen and oxygen atoms in total. The highest BCUT2D eigenvalue weighted by atomic mass is 32.1. The zero-order chi connectivity index (χ0) is 25.6. The second kappa shape index (κ2) is 9.29. The second-order valence-electron chi connectivity index (χ2n) is 8.04. The summed E-state index contributed by atoms with van der Waals surface area (Å²) < 4.78 is 16.9. The second-order valence-corrected chi connectivity index (χ2v) is 10.0. The SMILES string of the molecule is COc1cc2sc(N3C(=O)C(=O)/C(=C(/O)c4ccc(OC)c(OC)c4)C3c3cccs3)nc2cc1C. The molecule has 2 aromatic heterocycles. The van der Waals surface area contributed by atoms with Crippen LogP contribution in [0.3, 0.4) is 0 Å². The number of amides is 1. The van der Waals surface area contributed by atoms with Gasteiger partial charge >= 0.3 is 5.91 Å². The van der Waals surface area contributed by atoms with Gasteiger partial charge in [0.1, 0.15) is 17.6 Å². The Morgan fingerprint density at radius 2 is 1.75 bits per heavy atom. The number of fused-ring (bicyclic) bond motifs is 1. The highest BCUT2D eigenvalue weighted by molar-refractivity contribution is 7.22. The maximum atomic E-state index is 13.4. The van der Waals surface area contributed by atoms with Gasteiger partial charge in [0.2, 0.25) is 0 Å². The van der Waals surface area contributed by atoms with Crippen LogP contribution in [0.5, 0.6) is 17.2 Å². The molecule has 0 bridgehead atoms. The topological polar surface area (TPSA) is 98.2 Å². The van der Waals surface area contributed by atoms with E-state index < -0.39 is 17.7 Å². The van der Waals surface area contributed by atoms with Crippen LogP contribution in [0.2, 0.25) is 0 Å². The summed E-state index contributed by atoms with van der Waals surface area (Å²) in [4.78, 5) is 33.5. The lowest BCUT2D eigenvalue weighted by molar-refractivity contribution is -0.132. The number of carbonyl (C=O) groups is 2. The fourth-order valence-electron chi connectivity index (χ4n) is 4.26. The summed E-state index contributed by atoms with van der Waals surface area (Å²) >= 11 is 2.67. The first kappa shape index (κ1) is 23.8. The summed E-state index contributed by atoms with van der Waals surface area (Å²) in [6, 6.07) is 11.4. The van der Waals surface area contributed by atoms with Crippen LogP contribution in [0, 0.1) is 6.92 Å². The number of thiophene rings is 1. The molecule has 4 aromatic rings. The first-order valence-corrected chi connectivity index (χ1v) is 12.6. The molecule has 1 atom stereocenters. The molecule has 10 heteroatoms. The normalized spacial score (nSPS) is 17.1. The first-order chi connectivity index (χ1) is 17.4. The van der Waals surface area contributed by atoms with Crippen molar-refractivity contribution in [3.8, 4) is 17.2 Å². The Hall–Kier alpha value is -3.89.